The summed E-state index contributed by atoms with van der Waals surface area (Å²) in [5, 5.41) is 3.16. The van der Waals surface area contributed by atoms with Gasteiger partial charge in [0.15, 0.2) is 0 Å². The molecule has 2 aromatic carbocycles. The van der Waals surface area contributed by atoms with Crippen LogP contribution in [0.4, 0.5) is 4.39 Å². The summed E-state index contributed by atoms with van der Waals surface area (Å²) in [5.74, 6) is 0.565. The zero-order valence-electron chi connectivity index (χ0n) is 11.5. The summed E-state index contributed by atoms with van der Waals surface area (Å²) in [6.45, 7) is 2.55. The summed E-state index contributed by atoms with van der Waals surface area (Å²) in [6, 6.07) is 12.5. The Morgan fingerprint density at radius 1 is 1.25 bits per heavy atom. The second-order valence-corrected chi connectivity index (χ2v) is 5.31. The van der Waals surface area contributed by atoms with Crippen LogP contribution in [0.25, 0.3) is 0 Å². The maximum absolute atomic E-state index is 14.0. The van der Waals surface area contributed by atoms with Gasteiger partial charge in [0.05, 0.1) is 12.6 Å². The van der Waals surface area contributed by atoms with E-state index in [-0.39, 0.29) is 11.9 Å². The Morgan fingerprint density at radius 2 is 2.05 bits per heavy atom. The Balaban J connectivity index is 2.41. The number of hydrogen-bond acceptors (Lipinski definition) is 2. The fourth-order valence-corrected chi connectivity index (χ4v) is 2.57. The molecule has 2 rings (SSSR count). The van der Waals surface area contributed by atoms with Gasteiger partial charge in [-0.25, -0.2) is 4.39 Å². The Morgan fingerprint density at radius 3 is 2.75 bits per heavy atom. The molecule has 0 fully saturated rings. The van der Waals surface area contributed by atoms with Gasteiger partial charge in [-0.05, 0) is 49.9 Å². The molecule has 0 aromatic heterocycles. The first-order valence-electron chi connectivity index (χ1n) is 6.50. The quantitative estimate of drug-likeness (QED) is 0.878. The number of ether oxygens (including phenoxy) is 1. The summed E-state index contributed by atoms with van der Waals surface area (Å²) in [7, 11) is 1.82. The van der Waals surface area contributed by atoms with Crippen LogP contribution >= 0.6 is 15.9 Å². The Hall–Kier alpha value is -1.39. The second-order valence-electron chi connectivity index (χ2n) is 4.39. The third-order valence-electron chi connectivity index (χ3n) is 3.06. The van der Waals surface area contributed by atoms with Crippen LogP contribution in [0.3, 0.4) is 0 Å². The van der Waals surface area contributed by atoms with Crippen LogP contribution in [0.5, 0.6) is 5.75 Å². The van der Waals surface area contributed by atoms with E-state index in [4.69, 9.17) is 4.74 Å². The fourth-order valence-electron chi connectivity index (χ4n) is 2.19. The largest absolute Gasteiger partial charge is 0.494 e. The molecule has 0 heterocycles. The molecule has 1 atom stereocenters. The lowest BCUT2D eigenvalue weighted by atomic mass is 9.98. The zero-order valence-corrected chi connectivity index (χ0v) is 13.1. The Kier molecular flexibility index (Phi) is 5.15. The normalized spacial score (nSPS) is 12.2. The topological polar surface area (TPSA) is 21.3 Å². The molecular weight excluding hydrogens is 321 g/mol. The van der Waals surface area contributed by atoms with Gasteiger partial charge in [0.2, 0.25) is 0 Å². The van der Waals surface area contributed by atoms with E-state index in [2.05, 4.69) is 21.2 Å². The van der Waals surface area contributed by atoms with Crippen LogP contribution < -0.4 is 10.1 Å². The summed E-state index contributed by atoms with van der Waals surface area (Å²) in [4.78, 5) is 0. The van der Waals surface area contributed by atoms with E-state index in [1.807, 2.05) is 38.2 Å². The van der Waals surface area contributed by atoms with Crippen LogP contribution in [0.1, 0.15) is 24.1 Å². The molecule has 0 bridgehead atoms. The van der Waals surface area contributed by atoms with Crippen molar-refractivity contribution in [1.29, 1.82) is 0 Å². The Bertz CT molecular complexity index is 588. The molecule has 0 radical (unpaired) electrons. The lowest BCUT2D eigenvalue weighted by Gasteiger charge is -2.19. The molecule has 2 aromatic rings. The third-order valence-corrected chi connectivity index (χ3v) is 3.55. The lowest BCUT2D eigenvalue weighted by molar-refractivity contribution is 0.339. The molecule has 2 nitrogen and oxygen atoms in total. The smallest absolute Gasteiger partial charge is 0.128 e. The average molecular weight is 338 g/mol. The number of halogens is 2. The van der Waals surface area contributed by atoms with Gasteiger partial charge in [-0.3, -0.25) is 0 Å². The molecular formula is C16H17BrFNO. The number of rotatable bonds is 5. The van der Waals surface area contributed by atoms with Crippen LogP contribution in [-0.4, -0.2) is 13.7 Å². The first-order valence-corrected chi connectivity index (χ1v) is 7.30. The average Bonchev–Trinajstić information content (AvgIpc) is 2.44. The third kappa shape index (κ3) is 3.38. The first-order chi connectivity index (χ1) is 9.65. The molecule has 0 amide bonds. The summed E-state index contributed by atoms with van der Waals surface area (Å²) in [6.07, 6.45) is 0. The second kappa shape index (κ2) is 6.86. The van der Waals surface area contributed by atoms with E-state index in [9.17, 15) is 4.39 Å². The van der Waals surface area contributed by atoms with Crippen molar-refractivity contribution in [3.63, 3.8) is 0 Å². The van der Waals surface area contributed by atoms with Crippen molar-refractivity contribution >= 4 is 15.9 Å². The van der Waals surface area contributed by atoms with Gasteiger partial charge in [-0.2, -0.15) is 0 Å². The van der Waals surface area contributed by atoms with Crippen molar-refractivity contribution < 1.29 is 9.13 Å². The molecule has 0 aliphatic carbocycles. The number of nitrogens with one attached hydrogen (secondary N) is 1. The van der Waals surface area contributed by atoms with Crippen molar-refractivity contribution in [2.24, 2.45) is 0 Å². The zero-order chi connectivity index (χ0) is 14.5. The minimum atomic E-state index is -0.227. The minimum Gasteiger partial charge on any atom is -0.494 e. The highest BCUT2D eigenvalue weighted by Gasteiger charge is 2.17. The molecule has 0 aliphatic heterocycles. The Labute approximate surface area is 127 Å². The van der Waals surface area contributed by atoms with E-state index in [1.54, 1.807) is 12.1 Å². The molecule has 20 heavy (non-hydrogen) atoms. The maximum Gasteiger partial charge on any atom is 0.128 e. The predicted molar refractivity (Wildman–Crippen MR) is 82.6 cm³/mol. The SMILES string of the molecule is CCOc1cccc(C(NC)c2cc(Br)ccc2F)c1. The highest BCUT2D eigenvalue weighted by Crippen LogP contribution is 2.28. The summed E-state index contributed by atoms with van der Waals surface area (Å²) < 4.78 is 20.4. The lowest BCUT2D eigenvalue weighted by Crippen LogP contribution is -2.19. The van der Waals surface area contributed by atoms with Crippen molar-refractivity contribution in [3.05, 3.63) is 63.9 Å². The first kappa shape index (κ1) is 15.0. The molecule has 1 N–H and O–H groups in total. The van der Waals surface area contributed by atoms with Crippen molar-refractivity contribution in [2.45, 2.75) is 13.0 Å². The van der Waals surface area contributed by atoms with E-state index >= 15 is 0 Å². The van der Waals surface area contributed by atoms with E-state index < -0.39 is 0 Å². The van der Waals surface area contributed by atoms with Gasteiger partial charge in [0.1, 0.15) is 11.6 Å². The monoisotopic (exact) mass is 337 g/mol. The molecule has 4 heteroatoms. The van der Waals surface area contributed by atoms with Crippen LogP contribution in [0, 0.1) is 5.82 Å². The standard InChI is InChI=1S/C16H17BrFNO/c1-3-20-13-6-4-5-11(9-13)16(19-2)14-10-12(17)7-8-15(14)18/h4-10,16,19H,3H2,1-2H3. The van der Waals surface area contributed by atoms with E-state index in [1.165, 1.54) is 6.07 Å². The van der Waals surface area contributed by atoms with Crippen molar-refractivity contribution in [1.82, 2.24) is 5.32 Å². The fraction of sp³-hybridized carbons (Fsp3) is 0.250. The molecule has 0 spiro atoms. The molecule has 0 aliphatic rings. The van der Waals surface area contributed by atoms with Gasteiger partial charge in [-0.15, -0.1) is 0 Å². The van der Waals surface area contributed by atoms with Gasteiger partial charge in [0.25, 0.3) is 0 Å². The van der Waals surface area contributed by atoms with Gasteiger partial charge >= 0.3 is 0 Å². The molecule has 1 unspecified atom stereocenters. The van der Waals surface area contributed by atoms with E-state index in [0.717, 1.165) is 15.8 Å². The van der Waals surface area contributed by atoms with Gasteiger partial charge in [-0.1, -0.05) is 28.1 Å². The molecule has 106 valence electrons. The summed E-state index contributed by atoms with van der Waals surface area (Å²) in [5.41, 5.74) is 1.57. The van der Waals surface area contributed by atoms with Gasteiger partial charge in [0, 0.05) is 10.0 Å². The predicted octanol–water partition coefficient (Wildman–Crippen LogP) is 4.30. The minimum absolute atomic E-state index is 0.215. The highest BCUT2D eigenvalue weighted by atomic mass is 79.9. The van der Waals surface area contributed by atoms with E-state index in [0.29, 0.717) is 12.2 Å². The van der Waals surface area contributed by atoms with Crippen molar-refractivity contribution in [2.75, 3.05) is 13.7 Å². The molecule has 0 saturated carbocycles. The molecule has 0 saturated heterocycles. The summed E-state index contributed by atoms with van der Waals surface area (Å²) >= 11 is 3.39. The number of benzene rings is 2. The van der Waals surface area contributed by atoms with Crippen LogP contribution in [0.2, 0.25) is 0 Å². The van der Waals surface area contributed by atoms with Gasteiger partial charge < -0.3 is 10.1 Å². The highest BCUT2D eigenvalue weighted by molar-refractivity contribution is 9.10. The van der Waals surface area contributed by atoms with Crippen molar-refractivity contribution in [3.8, 4) is 5.75 Å². The van der Waals surface area contributed by atoms with Crippen LogP contribution in [-0.2, 0) is 0 Å². The maximum atomic E-state index is 14.0. The van der Waals surface area contributed by atoms with Crippen LogP contribution in [0.15, 0.2) is 46.9 Å². The number of hydrogen-bond donors (Lipinski definition) is 1.